The van der Waals surface area contributed by atoms with Crippen LogP contribution in [0.5, 0.6) is 0 Å². The molecule has 19 heavy (non-hydrogen) atoms. The average Bonchev–Trinajstić information content (AvgIpc) is 2.75. The number of alkyl halides is 3. The van der Waals surface area contributed by atoms with Crippen molar-refractivity contribution < 1.29 is 21.6 Å². The molecule has 2 rings (SSSR count). The summed E-state index contributed by atoms with van der Waals surface area (Å²) in [4.78, 5) is -0.807. The van der Waals surface area contributed by atoms with Gasteiger partial charge in [-0.3, -0.25) is 5.01 Å². The van der Waals surface area contributed by atoms with Crippen LogP contribution in [0.1, 0.15) is 6.42 Å². The van der Waals surface area contributed by atoms with E-state index in [2.05, 4.69) is 5.10 Å². The van der Waals surface area contributed by atoms with Crippen LogP contribution in [0.15, 0.2) is 34.3 Å². The molecule has 1 aromatic rings. The van der Waals surface area contributed by atoms with E-state index in [0.717, 1.165) is 12.1 Å². The van der Waals surface area contributed by atoms with Gasteiger partial charge in [-0.25, -0.2) is 8.42 Å². The van der Waals surface area contributed by atoms with Gasteiger partial charge in [0.1, 0.15) is 5.84 Å². The summed E-state index contributed by atoms with van der Waals surface area (Å²) < 4.78 is 59.9. The second-order valence-electron chi connectivity index (χ2n) is 3.91. The standard InChI is InChI=1S/C10H10F3N3O2S/c11-10(12,13)19(17,18)8-3-1-2-7(6-8)16-5-4-9(14)15-16/h1-3,6H,4-5H2,(H2,14,15). The largest absolute Gasteiger partial charge is 0.501 e. The number of amidine groups is 1. The Hall–Kier alpha value is -1.77. The van der Waals surface area contributed by atoms with Crippen LogP contribution in [0.2, 0.25) is 0 Å². The third-order valence-corrected chi connectivity index (χ3v) is 4.04. The van der Waals surface area contributed by atoms with Gasteiger partial charge in [0, 0.05) is 13.0 Å². The molecule has 104 valence electrons. The van der Waals surface area contributed by atoms with Crippen LogP contribution in [-0.4, -0.2) is 26.3 Å². The Morgan fingerprint density at radius 2 is 2.00 bits per heavy atom. The Balaban J connectivity index is 2.41. The van der Waals surface area contributed by atoms with Crippen molar-refractivity contribution in [3.63, 3.8) is 0 Å². The van der Waals surface area contributed by atoms with Crippen molar-refractivity contribution in [2.45, 2.75) is 16.8 Å². The lowest BCUT2D eigenvalue weighted by Crippen LogP contribution is -2.23. The summed E-state index contributed by atoms with van der Waals surface area (Å²) in [5.74, 6) is 0.351. The number of hydrazone groups is 1. The predicted molar refractivity (Wildman–Crippen MR) is 63.3 cm³/mol. The fraction of sp³-hybridized carbons (Fsp3) is 0.300. The zero-order chi connectivity index (χ0) is 14.3. The van der Waals surface area contributed by atoms with Gasteiger partial charge >= 0.3 is 5.51 Å². The van der Waals surface area contributed by atoms with Crippen molar-refractivity contribution in [2.24, 2.45) is 10.8 Å². The van der Waals surface area contributed by atoms with Gasteiger partial charge < -0.3 is 5.73 Å². The second-order valence-corrected chi connectivity index (χ2v) is 5.85. The molecule has 0 amide bonds. The van der Waals surface area contributed by atoms with Gasteiger partial charge in [0.05, 0.1) is 10.6 Å². The highest BCUT2D eigenvalue weighted by Crippen LogP contribution is 2.32. The maximum Gasteiger partial charge on any atom is 0.501 e. The van der Waals surface area contributed by atoms with E-state index in [4.69, 9.17) is 5.73 Å². The molecular formula is C10H10F3N3O2S. The highest BCUT2D eigenvalue weighted by molar-refractivity contribution is 7.92. The molecule has 0 saturated heterocycles. The number of hydrogen-bond acceptors (Lipinski definition) is 5. The van der Waals surface area contributed by atoms with Gasteiger partial charge in [-0.05, 0) is 18.2 Å². The molecule has 0 fully saturated rings. The Bertz CT molecular complexity index is 625. The second kappa shape index (κ2) is 4.41. The minimum atomic E-state index is -5.35. The molecule has 0 atom stereocenters. The molecule has 0 bridgehead atoms. The van der Waals surface area contributed by atoms with E-state index in [1.807, 2.05) is 0 Å². The van der Waals surface area contributed by atoms with E-state index < -0.39 is 20.2 Å². The lowest BCUT2D eigenvalue weighted by molar-refractivity contribution is -0.0435. The summed E-state index contributed by atoms with van der Waals surface area (Å²) in [6, 6.07) is 4.54. The molecule has 1 aliphatic rings. The van der Waals surface area contributed by atoms with Crippen LogP contribution in [0, 0.1) is 0 Å². The molecule has 0 saturated carbocycles. The number of hydrogen-bond donors (Lipinski definition) is 1. The number of anilines is 1. The molecule has 9 heteroatoms. The molecule has 2 N–H and O–H groups in total. The molecule has 0 radical (unpaired) electrons. The highest BCUT2D eigenvalue weighted by atomic mass is 32.2. The van der Waals surface area contributed by atoms with Gasteiger partial charge in [0.25, 0.3) is 9.84 Å². The first-order valence-corrected chi connectivity index (χ1v) is 6.72. The van der Waals surface area contributed by atoms with Gasteiger partial charge in [-0.15, -0.1) is 0 Å². The normalized spacial score (nSPS) is 16.6. The number of sulfone groups is 1. The molecule has 5 nitrogen and oxygen atoms in total. The fourth-order valence-electron chi connectivity index (χ4n) is 1.61. The van der Waals surface area contributed by atoms with Crippen molar-refractivity contribution >= 4 is 21.4 Å². The van der Waals surface area contributed by atoms with E-state index in [1.54, 1.807) is 0 Å². The van der Waals surface area contributed by atoms with Gasteiger partial charge in [-0.2, -0.15) is 18.3 Å². The molecule has 0 unspecified atom stereocenters. The summed E-state index contributed by atoms with van der Waals surface area (Å²) in [6.07, 6.45) is 0.482. The van der Waals surface area contributed by atoms with Crippen LogP contribution < -0.4 is 10.7 Å². The number of benzene rings is 1. The first-order valence-electron chi connectivity index (χ1n) is 5.24. The van der Waals surface area contributed by atoms with Crippen molar-refractivity contribution in [1.29, 1.82) is 0 Å². The summed E-state index contributed by atoms with van der Waals surface area (Å²) in [5, 5.41) is 5.26. The summed E-state index contributed by atoms with van der Waals surface area (Å²) in [7, 11) is -5.35. The van der Waals surface area contributed by atoms with Crippen LogP contribution in [-0.2, 0) is 9.84 Å². The lowest BCUT2D eigenvalue weighted by Gasteiger charge is -2.15. The number of halogens is 3. The van der Waals surface area contributed by atoms with E-state index in [1.165, 1.54) is 17.1 Å². The number of rotatable bonds is 2. The van der Waals surface area contributed by atoms with Gasteiger partial charge in [0.2, 0.25) is 0 Å². The number of nitrogens with two attached hydrogens (primary N) is 1. The number of nitrogens with zero attached hydrogens (tertiary/aromatic N) is 2. The highest BCUT2D eigenvalue weighted by Gasteiger charge is 2.47. The molecule has 1 aliphatic heterocycles. The molecule has 1 heterocycles. The quantitative estimate of drug-likeness (QED) is 0.895. The van der Waals surface area contributed by atoms with Crippen LogP contribution >= 0.6 is 0 Å². The molecule has 0 aliphatic carbocycles. The minimum absolute atomic E-state index is 0.255. The molecule has 0 spiro atoms. The summed E-state index contributed by atoms with van der Waals surface area (Å²) in [5.41, 5.74) is 0.400. The zero-order valence-electron chi connectivity index (χ0n) is 9.55. The smallest absolute Gasteiger partial charge is 0.386 e. The van der Waals surface area contributed by atoms with E-state index >= 15 is 0 Å². The average molecular weight is 293 g/mol. The third kappa shape index (κ3) is 2.50. The van der Waals surface area contributed by atoms with Gasteiger partial charge in [0.15, 0.2) is 0 Å². The maximum atomic E-state index is 12.4. The van der Waals surface area contributed by atoms with Crippen molar-refractivity contribution in [1.82, 2.24) is 0 Å². The Kier molecular flexibility index (Phi) is 3.17. The predicted octanol–water partition coefficient (Wildman–Crippen LogP) is 1.46. The monoisotopic (exact) mass is 293 g/mol. The Morgan fingerprint density at radius 3 is 2.53 bits per heavy atom. The molecule has 1 aromatic carbocycles. The first-order chi connectivity index (χ1) is 8.72. The van der Waals surface area contributed by atoms with E-state index in [9.17, 15) is 21.6 Å². The minimum Gasteiger partial charge on any atom is -0.386 e. The Labute approximate surface area is 107 Å². The first kappa shape index (κ1) is 13.7. The zero-order valence-corrected chi connectivity index (χ0v) is 10.4. The molecule has 0 aromatic heterocycles. The fourth-order valence-corrected chi connectivity index (χ4v) is 2.41. The van der Waals surface area contributed by atoms with E-state index in [0.29, 0.717) is 18.8 Å². The maximum absolute atomic E-state index is 12.4. The summed E-state index contributed by atoms with van der Waals surface area (Å²) >= 11 is 0. The lowest BCUT2D eigenvalue weighted by atomic mass is 10.3. The topological polar surface area (TPSA) is 75.8 Å². The van der Waals surface area contributed by atoms with Crippen LogP contribution in [0.3, 0.4) is 0 Å². The Morgan fingerprint density at radius 1 is 1.32 bits per heavy atom. The van der Waals surface area contributed by atoms with E-state index in [-0.39, 0.29) is 5.69 Å². The van der Waals surface area contributed by atoms with Crippen molar-refractivity contribution in [2.75, 3.05) is 11.6 Å². The third-order valence-electron chi connectivity index (χ3n) is 2.56. The van der Waals surface area contributed by atoms with Crippen molar-refractivity contribution in [3.8, 4) is 0 Å². The SMILES string of the molecule is NC1=NN(c2cccc(S(=O)(=O)C(F)(F)F)c2)CC1. The van der Waals surface area contributed by atoms with Crippen LogP contribution in [0.4, 0.5) is 18.9 Å². The summed E-state index contributed by atoms with van der Waals surface area (Å²) in [6.45, 7) is 0.404. The van der Waals surface area contributed by atoms with Crippen LogP contribution in [0.25, 0.3) is 0 Å². The molecular weight excluding hydrogens is 283 g/mol. The van der Waals surface area contributed by atoms with Gasteiger partial charge in [-0.1, -0.05) is 6.07 Å². The van der Waals surface area contributed by atoms with Crippen molar-refractivity contribution in [3.05, 3.63) is 24.3 Å².